The second-order valence-corrected chi connectivity index (χ2v) is 10.7. The van der Waals surface area contributed by atoms with Crippen LogP contribution in [-0.4, -0.2) is 42.3 Å². The molecule has 4 heterocycles. The first-order valence-electron chi connectivity index (χ1n) is 11.8. The topological polar surface area (TPSA) is 71.7 Å². The lowest BCUT2D eigenvalue weighted by Gasteiger charge is -2.16. The van der Waals surface area contributed by atoms with Crippen molar-refractivity contribution in [1.29, 1.82) is 0 Å². The molecule has 0 amide bonds. The fourth-order valence-corrected chi connectivity index (χ4v) is 5.73. The third-order valence-electron chi connectivity index (χ3n) is 6.62. The van der Waals surface area contributed by atoms with Crippen LogP contribution in [0.5, 0.6) is 0 Å². The number of H-pyrrole nitrogens is 1. The fraction of sp³-hybridized carbons (Fsp3) is 0.400. The Balaban J connectivity index is 0.00000304. The van der Waals surface area contributed by atoms with Gasteiger partial charge in [-0.05, 0) is 56.1 Å². The van der Waals surface area contributed by atoms with E-state index in [0.717, 1.165) is 25.3 Å². The zero-order valence-electron chi connectivity index (χ0n) is 20.3. The van der Waals surface area contributed by atoms with E-state index in [4.69, 9.17) is 44.9 Å². The van der Waals surface area contributed by atoms with E-state index in [1.807, 2.05) is 13.8 Å². The van der Waals surface area contributed by atoms with Gasteiger partial charge >= 0.3 is 0 Å². The summed E-state index contributed by atoms with van der Waals surface area (Å²) in [7, 11) is 2.06. The lowest BCUT2D eigenvalue weighted by Crippen LogP contribution is -2.20. The van der Waals surface area contributed by atoms with Gasteiger partial charge in [-0.15, -0.1) is 12.4 Å². The van der Waals surface area contributed by atoms with Gasteiger partial charge in [0.25, 0.3) is 5.56 Å². The molecular formula is C25H28Cl4N6O. The molecule has 1 aliphatic rings. The number of hydrogen-bond acceptors (Lipinski definition) is 4. The van der Waals surface area contributed by atoms with E-state index < -0.39 is 0 Å². The third-order valence-corrected chi connectivity index (χ3v) is 7.41. The highest BCUT2D eigenvalue weighted by molar-refractivity contribution is 6.40. The first-order chi connectivity index (χ1) is 16.7. The number of aromatic nitrogens is 5. The SMILES string of the molecule is CC(C)c1nn(-c2c(Cl)cc(Cl)cc2Cl)c2nc(Cc3ccc(CN4CCCC4)n3C)[nH]c(=O)c12.Cl. The number of fused-ring (bicyclic) bond motifs is 1. The van der Waals surface area contributed by atoms with Crippen molar-refractivity contribution in [2.24, 2.45) is 7.05 Å². The summed E-state index contributed by atoms with van der Waals surface area (Å²) in [5.41, 5.74) is 3.59. The highest BCUT2D eigenvalue weighted by Gasteiger charge is 2.23. The maximum atomic E-state index is 13.3. The minimum Gasteiger partial charge on any atom is -0.350 e. The van der Waals surface area contributed by atoms with Crippen LogP contribution < -0.4 is 5.56 Å². The number of hydrogen-bond donors (Lipinski definition) is 1. The predicted octanol–water partition coefficient (Wildman–Crippen LogP) is 6.14. The Kier molecular flexibility index (Phi) is 8.07. The molecule has 0 unspecified atom stereocenters. The van der Waals surface area contributed by atoms with Crippen molar-refractivity contribution >= 4 is 58.2 Å². The van der Waals surface area contributed by atoms with Crippen molar-refractivity contribution in [2.75, 3.05) is 13.1 Å². The molecule has 7 nitrogen and oxygen atoms in total. The molecule has 3 aromatic heterocycles. The van der Waals surface area contributed by atoms with E-state index >= 15 is 0 Å². The second-order valence-electron chi connectivity index (χ2n) is 9.42. The van der Waals surface area contributed by atoms with Crippen LogP contribution in [0.4, 0.5) is 0 Å². The molecule has 0 spiro atoms. The highest BCUT2D eigenvalue weighted by atomic mass is 35.5. The second kappa shape index (κ2) is 10.8. The van der Waals surface area contributed by atoms with Gasteiger partial charge in [-0.25, -0.2) is 9.67 Å². The molecule has 192 valence electrons. The monoisotopic (exact) mass is 568 g/mol. The van der Waals surface area contributed by atoms with E-state index in [1.165, 1.54) is 18.5 Å². The lowest BCUT2D eigenvalue weighted by molar-refractivity contribution is 0.323. The summed E-state index contributed by atoms with van der Waals surface area (Å²) in [5.74, 6) is 0.549. The molecule has 1 fully saturated rings. The van der Waals surface area contributed by atoms with Gasteiger partial charge in [-0.1, -0.05) is 48.7 Å². The maximum absolute atomic E-state index is 13.3. The van der Waals surface area contributed by atoms with Crippen molar-refractivity contribution in [3.63, 3.8) is 0 Å². The van der Waals surface area contributed by atoms with Gasteiger partial charge in [0.05, 0.1) is 15.7 Å². The molecular weight excluding hydrogens is 542 g/mol. The van der Waals surface area contributed by atoms with Crippen LogP contribution in [0, 0.1) is 0 Å². The largest absolute Gasteiger partial charge is 0.350 e. The molecule has 1 aliphatic heterocycles. The smallest absolute Gasteiger partial charge is 0.262 e. The molecule has 11 heteroatoms. The van der Waals surface area contributed by atoms with Crippen molar-refractivity contribution in [2.45, 2.75) is 45.6 Å². The first-order valence-corrected chi connectivity index (χ1v) is 12.9. The molecule has 36 heavy (non-hydrogen) atoms. The zero-order chi connectivity index (χ0) is 24.9. The normalized spacial score (nSPS) is 14.2. The van der Waals surface area contributed by atoms with Gasteiger partial charge in [0.15, 0.2) is 5.65 Å². The number of rotatable bonds is 6. The lowest BCUT2D eigenvalue weighted by atomic mass is 10.1. The molecule has 0 radical (unpaired) electrons. The number of likely N-dealkylation sites (tertiary alicyclic amines) is 1. The number of aromatic amines is 1. The van der Waals surface area contributed by atoms with Gasteiger partial charge in [-0.2, -0.15) is 5.10 Å². The minimum atomic E-state index is -0.229. The highest BCUT2D eigenvalue weighted by Crippen LogP contribution is 2.34. The van der Waals surface area contributed by atoms with Crippen LogP contribution in [0.25, 0.3) is 16.7 Å². The van der Waals surface area contributed by atoms with Crippen molar-refractivity contribution < 1.29 is 0 Å². The summed E-state index contributed by atoms with van der Waals surface area (Å²) < 4.78 is 3.75. The average molecular weight is 570 g/mol. The molecule has 1 saturated heterocycles. The van der Waals surface area contributed by atoms with E-state index in [-0.39, 0.29) is 23.9 Å². The third kappa shape index (κ3) is 5.04. The summed E-state index contributed by atoms with van der Waals surface area (Å²) in [4.78, 5) is 23.5. The van der Waals surface area contributed by atoms with Gasteiger partial charge in [0.2, 0.25) is 0 Å². The predicted molar refractivity (Wildman–Crippen MR) is 149 cm³/mol. The Labute approximate surface area is 230 Å². The van der Waals surface area contributed by atoms with E-state index in [2.05, 4.69) is 33.6 Å². The zero-order valence-corrected chi connectivity index (χ0v) is 23.4. The average Bonchev–Trinajstić information content (AvgIpc) is 3.50. The van der Waals surface area contributed by atoms with E-state index in [1.54, 1.807) is 16.8 Å². The molecule has 0 saturated carbocycles. The maximum Gasteiger partial charge on any atom is 0.262 e. The summed E-state index contributed by atoms with van der Waals surface area (Å²) in [6.07, 6.45) is 3.00. The molecule has 1 aromatic carbocycles. The van der Waals surface area contributed by atoms with Crippen LogP contribution in [0.3, 0.4) is 0 Å². The van der Waals surface area contributed by atoms with Gasteiger partial charge in [0, 0.05) is 36.4 Å². The molecule has 1 N–H and O–H groups in total. The Hall–Kier alpha value is -2.03. The van der Waals surface area contributed by atoms with Crippen molar-refractivity contribution in [3.05, 3.63) is 72.6 Å². The Morgan fingerprint density at radius 2 is 1.69 bits per heavy atom. The van der Waals surface area contributed by atoms with Crippen LogP contribution in [0.2, 0.25) is 15.1 Å². The van der Waals surface area contributed by atoms with Gasteiger partial charge in [0.1, 0.15) is 16.9 Å². The molecule has 5 rings (SSSR count). The molecule has 0 aliphatic carbocycles. The summed E-state index contributed by atoms with van der Waals surface area (Å²) in [5, 5.41) is 6.23. The van der Waals surface area contributed by atoms with Gasteiger partial charge < -0.3 is 9.55 Å². The van der Waals surface area contributed by atoms with E-state index in [9.17, 15) is 4.79 Å². The Morgan fingerprint density at radius 3 is 2.33 bits per heavy atom. The van der Waals surface area contributed by atoms with Crippen molar-refractivity contribution in [1.82, 2.24) is 29.2 Å². The van der Waals surface area contributed by atoms with Crippen LogP contribution >= 0.6 is 47.2 Å². The molecule has 0 atom stereocenters. The molecule has 0 bridgehead atoms. The number of nitrogens with zero attached hydrogens (tertiary/aromatic N) is 5. The first kappa shape index (κ1) is 27.0. The minimum absolute atomic E-state index is 0. The standard InChI is InChI=1S/C25H27Cl3N6O.ClH/c1-14(2)22-21-24(34(31-22)23-18(27)10-15(26)11-19(23)28)29-20(30-25(21)35)12-16-6-7-17(32(16)3)13-33-8-4-5-9-33;/h6-7,10-11,14H,4-5,8-9,12-13H2,1-3H3,(H,29,30,35);1H. The summed E-state index contributed by atoms with van der Waals surface area (Å²) in [6.45, 7) is 7.18. The fourth-order valence-electron chi connectivity index (χ4n) is 4.75. The summed E-state index contributed by atoms with van der Waals surface area (Å²) >= 11 is 19.1. The van der Waals surface area contributed by atoms with Crippen LogP contribution in [0.15, 0.2) is 29.1 Å². The van der Waals surface area contributed by atoms with Gasteiger partial charge in [-0.3, -0.25) is 9.69 Å². The van der Waals surface area contributed by atoms with Crippen LogP contribution in [-0.2, 0) is 20.0 Å². The Morgan fingerprint density at radius 1 is 1.06 bits per heavy atom. The molecule has 4 aromatic rings. The van der Waals surface area contributed by atoms with Crippen molar-refractivity contribution in [3.8, 4) is 5.69 Å². The number of benzene rings is 1. The van der Waals surface area contributed by atoms with Crippen LogP contribution in [0.1, 0.15) is 55.5 Å². The quantitative estimate of drug-likeness (QED) is 0.303. The number of nitrogens with one attached hydrogen (secondary N) is 1. The summed E-state index contributed by atoms with van der Waals surface area (Å²) in [6, 6.07) is 7.46. The van der Waals surface area contributed by atoms with E-state index in [0.29, 0.717) is 49.7 Å². The number of halogens is 4. The Bertz CT molecular complexity index is 1440.